The van der Waals surface area contributed by atoms with Crippen LogP contribution < -0.4 is 11.2 Å². The Morgan fingerprint density at radius 3 is 2.12 bits per heavy atom. The maximum atomic E-state index is 12.7. The molecule has 4 nitrogen and oxygen atoms in total. The third-order valence-electron chi connectivity index (χ3n) is 4.03. The highest BCUT2D eigenvalue weighted by molar-refractivity contribution is 6.30. The quantitative estimate of drug-likeness (QED) is 0.721. The summed E-state index contributed by atoms with van der Waals surface area (Å²) >= 11 is 5.89. The van der Waals surface area contributed by atoms with Crippen LogP contribution in [0.4, 0.5) is 0 Å². The van der Waals surface area contributed by atoms with Gasteiger partial charge < -0.3 is 0 Å². The van der Waals surface area contributed by atoms with Gasteiger partial charge in [0.15, 0.2) is 0 Å². The number of hydrogen-bond donors (Lipinski definition) is 0. The molecule has 0 N–H and O–H groups in total. The van der Waals surface area contributed by atoms with E-state index >= 15 is 0 Å². The molecular weight excluding hydrogens is 336 g/mol. The number of nitrogens with zero attached hydrogens (tertiary/aromatic N) is 2. The monoisotopic (exact) mass is 354 g/mol. The van der Waals surface area contributed by atoms with Crippen LogP contribution in [0.2, 0.25) is 5.02 Å². The summed E-state index contributed by atoms with van der Waals surface area (Å²) in [6.45, 7) is 4.66. The van der Waals surface area contributed by atoms with Crippen molar-refractivity contribution in [1.29, 1.82) is 0 Å². The van der Waals surface area contributed by atoms with Crippen LogP contribution in [0.5, 0.6) is 0 Å². The average Bonchev–Trinajstić information content (AvgIpc) is 2.55. The Balaban J connectivity index is 1.96. The van der Waals surface area contributed by atoms with E-state index in [1.54, 1.807) is 12.1 Å². The number of hydrogen-bond acceptors (Lipinski definition) is 2. The van der Waals surface area contributed by atoms with Gasteiger partial charge in [-0.25, -0.2) is 4.79 Å². The first kappa shape index (κ1) is 17.2. The largest absolute Gasteiger partial charge is 0.331 e. The van der Waals surface area contributed by atoms with Gasteiger partial charge in [0.25, 0.3) is 5.56 Å². The van der Waals surface area contributed by atoms with Crippen LogP contribution in [0.25, 0.3) is 0 Å². The highest BCUT2D eigenvalue weighted by Crippen LogP contribution is 2.11. The van der Waals surface area contributed by atoms with E-state index in [9.17, 15) is 9.59 Å². The Labute approximate surface area is 150 Å². The van der Waals surface area contributed by atoms with Crippen molar-refractivity contribution in [3.05, 3.63) is 103 Å². The smallest absolute Gasteiger partial charge is 0.296 e. The lowest BCUT2D eigenvalue weighted by molar-refractivity contribution is 0.612. The van der Waals surface area contributed by atoms with Crippen molar-refractivity contribution in [2.45, 2.75) is 26.9 Å². The molecule has 3 rings (SSSR count). The summed E-state index contributed by atoms with van der Waals surface area (Å²) in [6, 6.07) is 14.8. The van der Waals surface area contributed by atoms with Gasteiger partial charge in [-0.2, -0.15) is 0 Å². The van der Waals surface area contributed by atoms with Gasteiger partial charge in [-0.1, -0.05) is 53.1 Å². The van der Waals surface area contributed by atoms with Gasteiger partial charge in [0.05, 0.1) is 13.1 Å². The summed E-state index contributed by atoms with van der Waals surface area (Å²) in [7, 11) is 0. The van der Waals surface area contributed by atoms with Crippen molar-refractivity contribution in [1.82, 2.24) is 9.13 Å². The van der Waals surface area contributed by atoms with Crippen LogP contribution >= 0.6 is 11.6 Å². The first-order chi connectivity index (χ1) is 11.9. The number of aromatic nitrogens is 2. The van der Waals surface area contributed by atoms with E-state index in [2.05, 4.69) is 6.07 Å². The highest BCUT2D eigenvalue weighted by atomic mass is 35.5. The zero-order valence-electron chi connectivity index (χ0n) is 14.2. The molecule has 0 aliphatic heterocycles. The lowest BCUT2D eigenvalue weighted by Gasteiger charge is -2.11. The van der Waals surface area contributed by atoms with Crippen molar-refractivity contribution >= 4 is 11.6 Å². The fourth-order valence-corrected chi connectivity index (χ4v) is 3.08. The minimum absolute atomic E-state index is 0.266. The van der Waals surface area contributed by atoms with Crippen molar-refractivity contribution in [2.75, 3.05) is 0 Å². The molecule has 0 radical (unpaired) electrons. The number of aryl methyl sites for hydroxylation is 2. The molecule has 128 valence electrons. The van der Waals surface area contributed by atoms with E-state index in [1.807, 2.05) is 38.1 Å². The van der Waals surface area contributed by atoms with Crippen LogP contribution in [0.1, 0.15) is 22.3 Å². The van der Waals surface area contributed by atoms with Gasteiger partial charge in [0, 0.05) is 17.3 Å². The molecule has 0 amide bonds. The van der Waals surface area contributed by atoms with Crippen molar-refractivity contribution in [3.8, 4) is 0 Å². The van der Waals surface area contributed by atoms with Gasteiger partial charge in [0.2, 0.25) is 0 Å². The van der Waals surface area contributed by atoms with Crippen LogP contribution in [0, 0.1) is 13.8 Å². The summed E-state index contributed by atoms with van der Waals surface area (Å²) < 4.78 is 2.80. The Hall–Kier alpha value is -2.59. The SMILES string of the molecule is Cc1cc(C)cc(Cn2c(=O)ccn(Cc3ccc(Cl)cc3)c2=O)c1. The summed E-state index contributed by atoms with van der Waals surface area (Å²) in [4.78, 5) is 24.9. The number of rotatable bonds is 4. The summed E-state index contributed by atoms with van der Waals surface area (Å²) in [5.41, 5.74) is 3.50. The Kier molecular flexibility index (Phi) is 4.91. The van der Waals surface area contributed by atoms with E-state index in [1.165, 1.54) is 21.4 Å². The third-order valence-corrected chi connectivity index (χ3v) is 4.28. The van der Waals surface area contributed by atoms with Crippen LogP contribution in [-0.4, -0.2) is 9.13 Å². The molecule has 3 aromatic rings. The first-order valence-corrected chi connectivity index (χ1v) is 8.42. The summed E-state index contributed by atoms with van der Waals surface area (Å²) in [6.07, 6.45) is 1.54. The molecule has 0 spiro atoms. The van der Waals surface area contributed by atoms with Gasteiger partial charge >= 0.3 is 5.69 Å². The second-order valence-corrected chi connectivity index (χ2v) is 6.71. The van der Waals surface area contributed by atoms with Crippen molar-refractivity contribution in [2.24, 2.45) is 0 Å². The third kappa shape index (κ3) is 4.09. The zero-order chi connectivity index (χ0) is 18.0. The maximum Gasteiger partial charge on any atom is 0.331 e. The minimum atomic E-state index is -0.318. The lowest BCUT2D eigenvalue weighted by atomic mass is 10.1. The molecule has 1 aromatic heterocycles. The standard InChI is InChI=1S/C20H19ClN2O2/c1-14-9-15(2)11-17(10-14)13-23-19(24)7-8-22(20(23)25)12-16-3-5-18(21)6-4-16/h3-11H,12-13H2,1-2H3. The van der Waals surface area contributed by atoms with Gasteiger partial charge in [-0.3, -0.25) is 13.9 Å². The normalized spacial score (nSPS) is 10.8. The second-order valence-electron chi connectivity index (χ2n) is 6.27. The molecule has 25 heavy (non-hydrogen) atoms. The molecule has 2 aromatic carbocycles. The minimum Gasteiger partial charge on any atom is -0.296 e. The molecule has 0 bridgehead atoms. The fraction of sp³-hybridized carbons (Fsp3) is 0.200. The van der Waals surface area contributed by atoms with Crippen LogP contribution in [0.3, 0.4) is 0 Å². The average molecular weight is 355 g/mol. The van der Waals surface area contributed by atoms with Gasteiger partial charge in [-0.05, 0) is 37.1 Å². The van der Waals surface area contributed by atoms with E-state index in [4.69, 9.17) is 11.6 Å². The molecule has 1 heterocycles. The van der Waals surface area contributed by atoms with Crippen LogP contribution in [0.15, 0.2) is 64.3 Å². The Bertz CT molecular complexity index is 997. The predicted octanol–water partition coefficient (Wildman–Crippen LogP) is 3.38. The molecule has 0 unspecified atom stereocenters. The topological polar surface area (TPSA) is 44.0 Å². The van der Waals surface area contributed by atoms with Gasteiger partial charge in [-0.15, -0.1) is 0 Å². The summed E-state index contributed by atoms with van der Waals surface area (Å²) in [5.74, 6) is 0. The lowest BCUT2D eigenvalue weighted by Crippen LogP contribution is -2.39. The van der Waals surface area contributed by atoms with Crippen LogP contribution in [-0.2, 0) is 13.1 Å². The van der Waals surface area contributed by atoms with Gasteiger partial charge in [0.1, 0.15) is 0 Å². The molecule has 0 aliphatic carbocycles. The zero-order valence-corrected chi connectivity index (χ0v) is 15.0. The molecule has 5 heteroatoms. The first-order valence-electron chi connectivity index (χ1n) is 8.04. The molecule has 0 saturated carbocycles. The molecule has 0 fully saturated rings. The van der Waals surface area contributed by atoms with E-state index < -0.39 is 0 Å². The Morgan fingerprint density at radius 1 is 0.840 bits per heavy atom. The van der Waals surface area contributed by atoms with E-state index in [0.29, 0.717) is 11.6 Å². The highest BCUT2D eigenvalue weighted by Gasteiger charge is 2.07. The van der Waals surface area contributed by atoms with Crippen molar-refractivity contribution in [3.63, 3.8) is 0 Å². The summed E-state index contributed by atoms with van der Waals surface area (Å²) in [5, 5.41) is 0.649. The number of halogens is 1. The second kappa shape index (κ2) is 7.11. The van der Waals surface area contributed by atoms with E-state index in [-0.39, 0.29) is 17.8 Å². The number of benzene rings is 2. The van der Waals surface area contributed by atoms with Crippen molar-refractivity contribution < 1.29 is 0 Å². The molecule has 0 atom stereocenters. The molecule has 0 saturated heterocycles. The fourth-order valence-electron chi connectivity index (χ4n) is 2.95. The maximum absolute atomic E-state index is 12.7. The van der Waals surface area contributed by atoms with E-state index in [0.717, 1.165) is 22.3 Å². The molecular formula is C20H19ClN2O2. The Morgan fingerprint density at radius 2 is 1.48 bits per heavy atom. The predicted molar refractivity (Wildman–Crippen MR) is 101 cm³/mol. The molecule has 0 aliphatic rings.